The van der Waals surface area contributed by atoms with Gasteiger partial charge in [0.15, 0.2) is 11.5 Å². The van der Waals surface area contributed by atoms with Crippen molar-refractivity contribution in [2.45, 2.75) is 32.4 Å². The van der Waals surface area contributed by atoms with Crippen LogP contribution in [0.5, 0.6) is 11.5 Å². The van der Waals surface area contributed by atoms with E-state index >= 15 is 0 Å². The van der Waals surface area contributed by atoms with E-state index in [9.17, 15) is 5.11 Å². The number of benzene rings is 1. The van der Waals surface area contributed by atoms with E-state index < -0.39 is 5.60 Å². The second kappa shape index (κ2) is 7.92. The summed E-state index contributed by atoms with van der Waals surface area (Å²) in [5.74, 6) is 1.28. The molecule has 1 aromatic carbocycles. The molecular formula is C16H25NO3. The van der Waals surface area contributed by atoms with Crippen LogP contribution in [0.15, 0.2) is 36.9 Å². The summed E-state index contributed by atoms with van der Waals surface area (Å²) in [7, 11) is 0. The monoisotopic (exact) mass is 279 g/mol. The molecule has 1 rings (SSSR count). The Morgan fingerprint density at radius 3 is 2.45 bits per heavy atom. The lowest BCUT2D eigenvalue weighted by Crippen LogP contribution is -2.44. The minimum atomic E-state index is -0.935. The average molecular weight is 279 g/mol. The molecule has 0 aliphatic carbocycles. The molecule has 0 aliphatic rings. The number of para-hydroxylation sites is 2. The zero-order chi connectivity index (χ0) is 15.0. The second-order valence-corrected chi connectivity index (χ2v) is 5.37. The summed E-state index contributed by atoms with van der Waals surface area (Å²) in [6, 6.07) is 7.73. The molecule has 0 aliphatic heterocycles. The van der Waals surface area contributed by atoms with Gasteiger partial charge in [0.2, 0.25) is 0 Å². The maximum Gasteiger partial charge on any atom is 0.161 e. The topological polar surface area (TPSA) is 50.7 Å². The van der Waals surface area contributed by atoms with Crippen molar-refractivity contribution < 1.29 is 14.6 Å². The lowest BCUT2D eigenvalue weighted by Gasteiger charge is -2.25. The van der Waals surface area contributed by atoms with Gasteiger partial charge in [-0.1, -0.05) is 38.6 Å². The van der Waals surface area contributed by atoms with Crippen molar-refractivity contribution in [1.29, 1.82) is 0 Å². The fraction of sp³-hybridized carbons (Fsp3) is 0.500. The lowest BCUT2D eigenvalue weighted by molar-refractivity contribution is 0.0101. The predicted octanol–water partition coefficient (Wildman–Crippen LogP) is 2.38. The maximum absolute atomic E-state index is 10.2. The molecule has 1 atom stereocenters. The molecule has 0 fully saturated rings. The van der Waals surface area contributed by atoms with Crippen molar-refractivity contribution in [3.8, 4) is 11.5 Å². The maximum atomic E-state index is 10.2. The molecule has 0 bridgehead atoms. The van der Waals surface area contributed by atoms with Gasteiger partial charge < -0.3 is 19.9 Å². The van der Waals surface area contributed by atoms with Gasteiger partial charge in [0, 0.05) is 12.6 Å². The average Bonchev–Trinajstić information content (AvgIpc) is 2.42. The second-order valence-electron chi connectivity index (χ2n) is 5.37. The van der Waals surface area contributed by atoms with Crippen LogP contribution in [0, 0.1) is 0 Å². The minimum absolute atomic E-state index is 0.196. The minimum Gasteiger partial charge on any atom is -0.487 e. The van der Waals surface area contributed by atoms with Crippen LogP contribution in [0.25, 0.3) is 0 Å². The molecule has 0 aromatic heterocycles. The van der Waals surface area contributed by atoms with Crippen LogP contribution < -0.4 is 14.8 Å². The summed E-state index contributed by atoms with van der Waals surface area (Å²) < 4.78 is 11.2. The first-order chi connectivity index (χ1) is 9.44. The molecular weight excluding hydrogens is 254 g/mol. The first kappa shape index (κ1) is 16.5. The van der Waals surface area contributed by atoms with E-state index in [1.807, 2.05) is 38.1 Å². The Hall–Kier alpha value is -1.52. The van der Waals surface area contributed by atoms with Crippen molar-refractivity contribution in [2.75, 3.05) is 19.8 Å². The Balaban J connectivity index is 2.57. The molecule has 1 aromatic rings. The lowest BCUT2D eigenvalue weighted by atomic mass is 10.1. The highest BCUT2D eigenvalue weighted by atomic mass is 16.5. The highest BCUT2D eigenvalue weighted by Gasteiger charge is 2.22. The normalized spacial score (nSPS) is 13.8. The van der Waals surface area contributed by atoms with Crippen molar-refractivity contribution in [2.24, 2.45) is 0 Å². The molecule has 2 N–H and O–H groups in total. The first-order valence-electron chi connectivity index (χ1n) is 6.86. The number of aliphatic hydroxyl groups is 1. The van der Waals surface area contributed by atoms with Crippen LogP contribution in [-0.4, -0.2) is 36.5 Å². The molecule has 20 heavy (non-hydrogen) atoms. The number of hydrogen-bond acceptors (Lipinski definition) is 4. The summed E-state index contributed by atoms with van der Waals surface area (Å²) in [6.07, 6.45) is 1.68. The number of nitrogens with one attached hydrogen (secondary N) is 1. The molecule has 0 saturated heterocycles. The third-order valence-electron chi connectivity index (χ3n) is 2.64. The highest BCUT2D eigenvalue weighted by Crippen LogP contribution is 2.27. The summed E-state index contributed by atoms with van der Waals surface area (Å²) in [4.78, 5) is 0. The Kier molecular flexibility index (Phi) is 6.55. The Morgan fingerprint density at radius 1 is 1.30 bits per heavy atom. The number of ether oxygens (including phenoxy) is 2. The molecule has 4 nitrogen and oxygen atoms in total. The van der Waals surface area contributed by atoms with E-state index in [0.717, 1.165) is 0 Å². The fourth-order valence-electron chi connectivity index (χ4n) is 1.55. The molecule has 0 amide bonds. The van der Waals surface area contributed by atoms with E-state index in [4.69, 9.17) is 9.47 Å². The van der Waals surface area contributed by atoms with Crippen molar-refractivity contribution in [1.82, 2.24) is 5.32 Å². The molecule has 4 heteroatoms. The van der Waals surface area contributed by atoms with Gasteiger partial charge in [-0.25, -0.2) is 0 Å². The third kappa shape index (κ3) is 6.08. The smallest absolute Gasteiger partial charge is 0.161 e. The zero-order valence-electron chi connectivity index (χ0n) is 12.6. The molecule has 0 heterocycles. The fourth-order valence-corrected chi connectivity index (χ4v) is 1.55. The van der Waals surface area contributed by atoms with E-state index in [1.165, 1.54) is 0 Å². The quantitative estimate of drug-likeness (QED) is 0.681. The summed E-state index contributed by atoms with van der Waals surface area (Å²) >= 11 is 0. The van der Waals surface area contributed by atoms with Gasteiger partial charge in [0.05, 0.1) is 0 Å². The largest absolute Gasteiger partial charge is 0.487 e. The van der Waals surface area contributed by atoms with Gasteiger partial charge in [-0.05, 0) is 19.1 Å². The molecule has 0 radical (unpaired) electrons. The SMILES string of the molecule is C=CCOc1ccccc1OCC(C)(O)CNC(C)C. The molecule has 0 spiro atoms. The summed E-state index contributed by atoms with van der Waals surface area (Å²) in [5, 5.41) is 13.4. The number of rotatable bonds is 9. The van der Waals surface area contributed by atoms with E-state index in [-0.39, 0.29) is 6.61 Å². The van der Waals surface area contributed by atoms with Crippen LogP contribution in [0.2, 0.25) is 0 Å². The van der Waals surface area contributed by atoms with Crippen molar-refractivity contribution in [3.05, 3.63) is 36.9 Å². The van der Waals surface area contributed by atoms with Crippen molar-refractivity contribution >= 4 is 0 Å². The first-order valence-corrected chi connectivity index (χ1v) is 6.86. The van der Waals surface area contributed by atoms with E-state index in [2.05, 4.69) is 11.9 Å². The standard InChI is InChI=1S/C16H25NO3/c1-5-10-19-14-8-6-7-9-15(14)20-12-16(4,18)11-17-13(2)3/h5-9,13,17-18H,1,10-12H2,2-4H3. The van der Waals surface area contributed by atoms with Gasteiger partial charge in [0.25, 0.3) is 0 Å². The van der Waals surface area contributed by atoms with Gasteiger partial charge >= 0.3 is 0 Å². The van der Waals surface area contributed by atoms with Gasteiger partial charge in [-0.3, -0.25) is 0 Å². The van der Waals surface area contributed by atoms with E-state index in [0.29, 0.717) is 30.7 Å². The Morgan fingerprint density at radius 2 is 1.90 bits per heavy atom. The Bertz CT molecular complexity index is 416. The van der Waals surface area contributed by atoms with E-state index in [1.54, 1.807) is 13.0 Å². The third-order valence-corrected chi connectivity index (χ3v) is 2.64. The van der Waals surface area contributed by atoms with Crippen molar-refractivity contribution in [3.63, 3.8) is 0 Å². The summed E-state index contributed by atoms with van der Waals surface area (Å²) in [5.41, 5.74) is -0.935. The van der Waals surface area contributed by atoms with Crippen LogP contribution in [0.1, 0.15) is 20.8 Å². The summed E-state index contributed by atoms with van der Waals surface area (Å²) in [6.45, 7) is 10.5. The zero-order valence-corrected chi connectivity index (χ0v) is 12.6. The molecule has 1 unspecified atom stereocenters. The van der Waals surface area contributed by atoms with Crippen LogP contribution in [-0.2, 0) is 0 Å². The molecule has 0 saturated carbocycles. The van der Waals surface area contributed by atoms with Gasteiger partial charge in [-0.2, -0.15) is 0 Å². The van der Waals surface area contributed by atoms with Gasteiger partial charge in [-0.15, -0.1) is 0 Å². The predicted molar refractivity (Wildman–Crippen MR) is 81.4 cm³/mol. The van der Waals surface area contributed by atoms with Gasteiger partial charge in [0.1, 0.15) is 18.8 Å². The number of hydrogen-bond donors (Lipinski definition) is 2. The van der Waals surface area contributed by atoms with Crippen LogP contribution in [0.4, 0.5) is 0 Å². The van der Waals surface area contributed by atoms with Crippen LogP contribution in [0.3, 0.4) is 0 Å². The van der Waals surface area contributed by atoms with Crippen LogP contribution >= 0.6 is 0 Å². The highest BCUT2D eigenvalue weighted by molar-refractivity contribution is 5.39. The Labute approximate surface area is 121 Å². The molecule has 112 valence electrons.